The zero-order valence-electron chi connectivity index (χ0n) is 6.40. The molecular weight excluding hydrogens is 196 g/mol. The zero-order chi connectivity index (χ0) is 9.26. The average Bonchev–Trinajstić information content (AvgIpc) is 2.71. The Morgan fingerprint density at radius 1 is 1.31 bits per heavy atom. The molecule has 68 valence electrons. The third-order valence-electron chi connectivity index (χ3n) is 1.53. The van der Waals surface area contributed by atoms with E-state index in [2.05, 4.69) is 20.1 Å². The fraction of sp³-hybridized carbons (Fsp3) is 0.167. The molecule has 0 aliphatic heterocycles. The number of alkyl halides is 1. The van der Waals surface area contributed by atoms with Gasteiger partial charge in [-0.25, -0.2) is 4.63 Å². The largest absolute Gasteiger partial charge is 0.379 e. The Bertz CT molecular complexity index is 410. The normalized spacial score (nSPS) is 10.5. The highest BCUT2D eigenvalue weighted by molar-refractivity contribution is 6.17. The Morgan fingerprint density at radius 2 is 2.15 bits per heavy atom. The summed E-state index contributed by atoms with van der Waals surface area (Å²) in [5.41, 5.74) is 6.98. The van der Waals surface area contributed by atoms with Gasteiger partial charge in [-0.3, -0.25) is 0 Å². The van der Waals surface area contributed by atoms with E-state index in [9.17, 15) is 0 Å². The Balaban J connectivity index is 2.52. The number of nitrogens with zero attached hydrogens (tertiary/aromatic N) is 3. The van der Waals surface area contributed by atoms with E-state index in [0.717, 1.165) is 0 Å². The van der Waals surface area contributed by atoms with Gasteiger partial charge in [0.1, 0.15) is 12.0 Å². The van der Waals surface area contributed by atoms with Crippen molar-refractivity contribution in [2.45, 2.75) is 5.88 Å². The van der Waals surface area contributed by atoms with Crippen LogP contribution in [0.5, 0.6) is 0 Å². The molecule has 7 heteroatoms. The highest BCUT2D eigenvalue weighted by Crippen LogP contribution is 2.24. The summed E-state index contributed by atoms with van der Waals surface area (Å²) in [6, 6.07) is 0. The molecule has 0 saturated heterocycles. The van der Waals surface area contributed by atoms with Crippen molar-refractivity contribution in [2.24, 2.45) is 0 Å². The van der Waals surface area contributed by atoms with Crippen LogP contribution in [0.25, 0.3) is 11.4 Å². The first kappa shape index (κ1) is 8.06. The van der Waals surface area contributed by atoms with Gasteiger partial charge in [0.05, 0.1) is 5.88 Å². The van der Waals surface area contributed by atoms with Gasteiger partial charge < -0.3 is 10.3 Å². The van der Waals surface area contributed by atoms with Gasteiger partial charge in [0.2, 0.25) is 0 Å². The van der Waals surface area contributed by atoms with Crippen molar-refractivity contribution in [3.05, 3.63) is 11.8 Å². The van der Waals surface area contributed by atoms with E-state index < -0.39 is 0 Å². The SMILES string of the molecule is Nc1nonc1-c1nocc1CCl. The Morgan fingerprint density at radius 3 is 2.77 bits per heavy atom. The zero-order valence-corrected chi connectivity index (χ0v) is 7.15. The van der Waals surface area contributed by atoms with Crippen LogP contribution < -0.4 is 5.73 Å². The minimum Gasteiger partial charge on any atom is -0.379 e. The molecule has 2 aromatic heterocycles. The summed E-state index contributed by atoms with van der Waals surface area (Å²) < 4.78 is 9.13. The van der Waals surface area contributed by atoms with Crippen LogP contribution in [0.4, 0.5) is 5.82 Å². The summed E-state index contributed by atoms with van der Waals surface area (Å²) in [6.45, 7) is 0. The second kappa shape index (κ2) is 3.06. The Kier molecular flexibility index (Phi) is 1.90. The van der Waals surface area contributed by atoms with E-state index in [4.69, 9.17) is 21.9 Å². The van der Waals surface area contributed by atoms with Gasteiger partial charge in [0.15, 0.2) is 11.5 Å². The van der Waals surface area contributed by atoms with E-state index in [1.165, 1.54) is 6.26 Å². The number of aromatic nitrogens is 3. The first-order valence-electron chi connectivity index (χ1n) is 3.40. The van der Waals surface area contributed by atoms with E-state index in [-0.39, 0.29) is 11.7 Å². The Labute approximate surface area is 77.6 Å². The maximum absolute atomic E-state index is 5.62. The highest BCUT2D eigenvalue weighted by atomic mass is 35.5. The maximum atomic E-state index is 5.62. The molecule has 2 N–H and O–H groups in total. The fourth-order valence-corrected chi connectivity index (χ4v) is 1.10. The molecule has 0 aliphatic rings. The number of hydrogen-bond acceptors (Lipinski definition) is 6. The number of rotatable bonds is 2. The van der Waals surface area contributed by atoms with E-state index in [1.807, 2.05) is 0 Å². The summed E-state index contributed by atoms with van der Waals surface area (Å²) in [7, 11) is 0. The molecule has 0 saturated carbocycles. The molecule has 0 radical (unpaired) electrons. The molecule has 0 aliphatic carbocycles. The van der Waals surface area contributed by atoms with Crippen LogP contribution in [0.3, 0.4) is 0 Å². The molecule has 0 spiro atoms. The van der Waals surface area contributed by atoms with Crippen LogP contribution in [0.2, 0.25) is 0 Å². The molecule has 0 bridgehead atoms. The van der Waals surface area contributed by atoms with E-state index in [1.54, 1.807) is 0 Å². The lowest BCUT2D eigenvalue weighted by Crippen LogP contribution is -1.90. The standard InChI is InChI=1S/C6H5ClN4O2/c7-1-3-2-12-9-4(3)5-6(8)11-13-10-5/h2H,1H2,(H2,8,11). The van der Waals surface area contributed by atoms with Gasteiger partial charge >= 0.3 is 0 Å². The van der Waals surface area contributed by atoms with Gasteiger partial charge in [-0.2, -0.15) is 0 Å². The molecule has 13 heavy (non-hydrogen) atoms. The van der Waals surface area contributed by atoms with Crippen molar-refractivity contribution in [1.82, 2.24) is 15.5 Å². The van der Waals surface area contributed by atoms with Crippen molar-refractivity contribution in [2.75, 3.05) is 5.73 Å². The van der Waals surface area contributed by atoms with Crippen molar-refractivity contribution in [3.63, 3.8) is 0 Å². The van der Waals surface area contributed by atoms with Crippen molar-refractivity contribution >= 4 is 17.4 Å². The quantitative estimate of drug-likeness (QED) is 0.729. The summed E-state index contributed by atoms with van der Waals surface area (Å²) in [6.07, 6.45) is 1.43. The molecular formula is C6H5ClN4O2. The van der Waals surface area contributed by atoms with Crippen LogP contribution in [0.1, 0.15) is 5.56 Å². The predicted octanol–water partition coefficient (Wildman–Crippen LogP) is 1.05. The van der Waals surface area contributed by atoms with Crippen molar-refractivity contribution in [1.29, 1.82) is 0 Å². The van der Waals surface area contributed by atoms with Crippen molar-refractivity contribution in [3.8, 4) is 11.4 Å². The summed E-state index contributed by atoms with van der Waals surface area (Å²) in [5, 5.41) is 10.7. The van der Waals surface area contributed by atoms with Crippen LogP contribution in [-0.2, 0) is 5.88 Å². The number of nitrogen functional groups attached to an aromatic ring is 1. The monoisotopic (exact) mass is 200 g/mol. The molecule has 2 aromatic rings. The summed E-state index contributed by atoms with van der Waals surface area (Å²) in [4.78, 5) is 0. The molecule has 6 nitrogen and oxygen atoms in total. The molecule has 0 fully saturated rings. The Hall–Kier alpha value is -1.56. The van der Waals surface area contributed by atoms with Crippen molar-refractivity contribution < 1.29 is 9.15 Å². The molecule has 0 amide bonds. The molecule has 0 aromatic carbocycles. The smallest absolute Gasteiger partial charge is 0.198 e. The number of anilines is 1. The van der Waals surface area contributed by atoms with E-state index >= 15 is 0 Å². The topological polar surface area (TPSA) is 91.0 Å². The lowest BCUT2D eigenvalue weighted by molar-refractivity contribution is 0.310. The van der Waals surface area contributed by atoms with Crippen LogP contribution in [0.15, 0.2) is 15.4 Å². The lowest BCUT2D eigenvalue weighted by Gasteiger charge is -1.90. The fourth-order valence-electron chi connectivity index (χ4n) is 0.907. The number of halogens is 1. The molecule has 2 rings (SSSR count). The highest BCUT2D eigenvalue weighted by Gasteiger charge is 2.16. The van der Waals surface area contributed by atoms with Crippen LogP contribution in [-0.4, -0.2) is 15.5 Å². The van der Waals surface area contributed by atoms with E-state index in [0.29, 0.717) is 17.0 Å². The minimum atomic E-state index is 0.167. The first-order valence-corrected chi connectivity index (χ1v) is 3.94. The summed E-state index contributed by atoms with van der Waals surface area (Å²) >= 11 is 5.62. The van der Waals surface area contributed by atoms with Gasteiger partial charge in [-0.05, 0) is 10.3 Å². The van der Waals surface area contributed by atoms with Gasteiger partial charge in [-0.15, -0.1) is 11.6 Å². The average molecular weight is 201 g/mol. The van der Waals surface area contributed by atoms with Crippen LogP contribution in [0, 0.1) is 0 Å². The van der Waals surface area contributed by atoms with Gasteiger partial charge in [-0.1, -0.05) is 5.16 Å². The lowest BCUT2D eigenvalue weighted by atomic mass is 10.2. The first-order chi connectivity index (χ1) is 6.33. The molecule has 0 unspecified atom stereocenters. The third-order valence-corrected chi connectivity index (χ3v) is 1.81. The predicted molar refractivity (Wildman–Crippen MR) is 43.8 cm³/mol. The molecule has 0 atom stereocenters. The van der Waals surface area contributed by atoms with Gasteiger partial charge in [0, 0.05) is 5.56 Å². The maximum Gasteiger partial charge on any atom is 0.198 e. The number of hydrogen-bond donors (Lipinski definition) is 1. The molecule has 2 heterocycles. The van der Waals surface area contributed by atoms with Crippen LogP contribution >= 0.6 is 11.6 Å². The van der Waals surface area contributed by atoms with Gasteiger partial charge in [0.25, 0.3) is 0 Å². The minimum absolute atomic E-state index is 0.167. The summed E-state index contributed by atoms with van der Waals surface area (Å²) in [5.74, 6) is 0.436. The second-order valence-electron chi connectivity index (χ2n) is 2.32. The second-order valence-corrected chi connectivity index (χ2v) is 2.59. The number of nitrogens with two attached hydrogens (primary N) is 1. The third kappa shape index (κ3) is 1.25.